The SMILES string of the molecule is CCOc1cc(CS)c(C(=O)OC)c(OCOC)c1. The predicted octanol–water partition coefficient (Wildman–Crippen LogP) is 2.28. The molecule has 0 aliphatic carbocycles. The molecule has 0 unspecified atom stereocenters. The van der Waals surface area contributed by atoms with Crippen LogP contribution in [0.5, 0.6) is 11.5 Å². The number of benzene rings is 1. The Labute approximate surface area is 118 Å². The maximum Gasteiger partial charge on any atom is 0.341 e. The Morgan fingerprint density at radius 3 is 2.53 bits per heavy atom. The molecule has 0 saturated heterocycles. The van der Waals surface area contributed by atoms with Crippen LogP contribution in [0.1, 0.15) is 22.8 Å². The molecule has 0 aromatic heterocycles. The summed E-state index contributed by atoms with van der Waals surface area (Å²) in [4.78, 5) is 11.8. The van der Waals surface area contributed by atoms with Crippen molar-refractivity contribution in [2.45, 2.75) is 12.7 Å². The van der Waals surface area contributed by atoms with Crippen LogP contribution < -0.4 is 9.47 Å². The number of ether oxygens (including phenoxy) is 4. The van der Waals surface area contributed by atoms with Gasteiger partial charge in [-0.05, 0) is 18.6 Å². The van der Waals surface area contributed by atoms with Crippen molar-refractivity contribution >= 4 is 18.6 Å². The number of rotatable bonds is 7. The molecule has 1 aromatic carbocycles. The molecule has 0 N–H and O–H groups in total. The van der Waals surface area contributed by atoms with Crippen molar-refractivity contribution in [3.05, 3.63) is 23.3 Å². The lowest BCUT2D eigenvalue weighted by atomic mass is 10.1. The van der Waals surface area contributed by atoms with Crippen LogP contribution in [0.4, 0.5) is 0 Å². The topological polar surface area (TPSA) is 54.0 Å². The highest BCUT2D eigenvalue weighted by Crippen LogP contribution is 2.31. The molecule has 0 radical (unpaired) electrons. The zero-order chi connectivity index (χ0) is 14.3. The number of thiol groups is 1. The van der Waals surface area contributed by atoms with Gasteiger partial charge in [0.05, 0.1) is 13.7 Å². The third-order valence-corrected chi connectivity index (χ3v) is 2.70. The van der Waals surface area contributed by atoms with Gasteiger partial charge in [0.2, 0.25) is 0 Å². The zero-order valence-corrected chi connectivity index (χ0v) is 12.2. The van der Waals surface area contributed by atoms with Crippen molar-refractivity contribution in [2.75, 3.05) is 27.6 Å². The molecule has 0 spiro atoms. The van der Waals surface area contributed by atoms with E-state index in [0.717, 1.165) is 0 Å². The summed E-state index contributed by atoms with van der Waals surface area (Å²) in [6.07, 6.45) is 0. The second-order valence-electron chi connectivity index (χ2n) is 3.59. The van der Waals surface area contributed by atoms with E-state index < -0.39 is 5.97 Å². The zero-order valence-electron chi connectivity index (χ0n) is 11.3. The Morgan fingerprint density at radius 2 is 2.00 bits per heavy atom. The lowest BCUT2D eigenvalue weighted by Gasteiger charge is -2.15. The van der Waals surface area contributed by atoms with Gasteiger partial charge in [-0.3, -0.25) is 0 Å². The van der Waals surface area contributed by atoms with Gasteiger partial charge in [0.15, 0.2) is 6.79 Å². The maximum absolute atomic E-state index is 11.8. The Morgan fingerprint density at radius 1 is 1.26 bits per heavy atom. The minimum atomic E-state index is -0.474. The standard InChI is InChI=1S/C13H18O5S/c1-4-17-10-5-9(7-19)12(13(14)16-3)11(6-10)18-8-15-2/h5-6,19H,4,7-8H2,1-3H3. The average Bonchev–Trinajstić information content (AvgIpc) is 2.43. The van der Waals surface area contributed by atoms with E-state index in [1.54, 1.807) is 12.1 Å². The maximum atomic E-state index is 11.8. The van der Waals surface area contributed by atoms with Crippen LogP contribution in [0.3, 0.4) is 0 Å². The first-order valence-corrected chi connectivity index (χ1v) is 6.41. The van der Waals surface area contributed by atoms with Crippen molar-refractivity contribution < 1.29 is 23.7 Å². The molecular weight excluding hydrogens is 268 g/mol. The lowest BCUT2D eigenvalue weighted by molar-refractivity contribution is 0.0462. The summed E-state index contributed by atoms with van der Waals surface area (Å²) in [7, 11) is 2.82. The van der Waals surface area contributed by atoms with Gasteiger partial charge in [0.1, 0.15) is 17.1 Å². The van der Waals surface area contributed by atoms with E-state index in [9.17, 15) is 4.79 Å². The fourth-order valence-corrected chi connectivity index (χ4v) is 1.84. The quantitative estimate of drug-likeness (QED) is 0.473. The van der Waals surface area contributed by atoms with Crippen molar-refractivity contribution in [2.24, 2.45) is 0 Å². The van der Waals surface area contributed by atoms with Gasteiger partial charge in [-0.25, -0.2) is 4.79 Å². The molecule has 6 heteroatoms. The van der Waals surface area contributed by atoms with Crippen LogP contribution >= 0.6 is 12.6 Å². The Hall–Kier alpha value is -1.40. The van der Waals surface area contributed by atoms with Crippen LogP contribution in [0.25, 0.3) is 0 Å². The molecule has 0 amide bonds. The molecule has 5 nitrogen and oxygen atoms in total. The molecule has 0 aliphatic rings. The molecule has 1 aromatic rings. The average molecular weight is 286 g/mol. The monoisotopic (exact) mass is 286 g/mol. The van der Waals surface area contributed by atoms with E-state index in [1.807, 2.05) is 6.92 Å². The lowest BCUT2D eigenvalue weighted by Crippen LogP contribution is -2.11. The molecule has 0 aliphatic heterocycles. The number of carbonyl (C=O) groups excluding carboxylic acids is 1. The van der Waals surface area contributed by atoms with Gasteiger partial charge in [-0.15, -0.1) is 0 Å². The van der Waals surface area contributed by atoms with Crippen molar-refractivity contribution in [1.29, 1.82) is 0 Å². The molecule has 0 atom stereocenters. The molecule has 0 fully saturated rings. The van der Waals surface area contributed by atoms with E-state index in [0.29, 0.717) is 35.0 Å². The first kappa shape index (κ1) is 15.7. The Balaban J connectivity index is 3.25. The third kappa shape index (κ3) is 4.04. The number of hydrogen-bond acceptors (Lipinski definition) is 6. The fraction of sp³-hybridized carbons (Fsp3) is 0.462. The molecule has 19 heavy (non-hydrogen) atoms. The number of esters is 1. The second-order valence-corrected chi connectivity index (χ2v) is 3.91. The van der Waals surface area contributed by atoms with Gasteiger partial charge < -0.3 is 18.9 Å². The molecule has 0 heterocycles. The minimum absolute atomic E-state index is 0.0333. The van der Waals surface area contributed by atoms with Crippen LogP contribution in [0.2, 0.25) is 0 Å². The van der Waals surface area contributed by atoms with Crippen LogP contribution in [0.15, 0.2) is 12.1 Å². The molecular formula is C13H18O5S. The van der Waals surface area contributed by atoms with E-state index in [2.05, 4.69) is 12.6 Å². The highest BCUT2D eigenvalue weighted by atomic mass is 32.1. The highest BCUT2D eigenvalue weighted by Gasteiger charge is 2.19. The summed E-state index contributed by atoms with van der Waals surface area (Å²) in [6.45, 7) is 2.43. The van der Waals surface area contributed by atoms with E-state index in [1.165, 1.54) is 14.2 Å². The van der Waals surface area contributed by atoms with Crippen LogP contribution in [0, 0.1) is 0 Å². The van der Waals surface area contributed by atoms with Crippen LogP contribution in [-0.4, -0.2) is 33.6 Å². The largest absolute Gasteiger partial charge is 0.494 e. The number of carbonyl (C=O) groups is 1. The normalized spacial score (nSPS) is 10.1. The van der Waals surface area contributed by atoms with Crippen molar-refractivity contribution in [1.82, 2.24) is 0 Å². The van der Waals surface area contributed by atoms with Crippen LogP contribution in [-0.2, 0) is 15.2 Å². The summed E-state index contributed by atoms with van der Waals surface area (Å²) < 4.78 is 20.5. The Bertz CT molecular complexity index is 433. The predicted molar refractivity (Wildman–Crippen MR) is 74.1 cm³/mol. The van der Waals surface area contributed by atoms with Gasteiger partial charge in [0.25, 0.3) is 0 Å². The van der Waals surface area contributed by atoms with E-state index in [4.69, 9.17) is 18.9 Å². The fourth-order valence-electron chi connectivity index (χ4n) is 1.59. The summed E-state index contributed by atoms with van der Waals surface area (Å²) in [5.41, 5.74) is 1.03. The number of methoxy groups -OCH3 is 2. The number of hydrogen-bond donors (Lipinski definition) is 1. The summed E-state index contributed by atoms with van der Waals surface area (Å²) in [5.74, 6) is 0.876. The first-order chi connectivity index (χ1) is 9.17. The van der Waals surface area contributed by atoms with Gasteiger partial charge in [0, 0.05) is 18.9 Å². The van der Waals surface area contributed by atoms with Gasteiger partial charge >= 0.3 is 5.97 Å². The van der Waals surface area contributed by atoms with E-state index >= 15 is 0 Å². The molecule has 106 valence electrons. The molecule has 0 bridgehead atoms. The van der Waals surface area contributed by atoms with Crippen molar-refractivity contribution in [3.63, 3.8) is 0 Å². The van der Waals surface area contributed by atoms with Gasteiger partial charge in [-0.2, -0.15) is 12.6 Å². The minimum Gasteiger partial charge on any atom is -0.494 e. The summed E-state index contributed by atoms with van der Waals surface area (Å²) in [5, 5.41) is 0. The summed E-state index contributed by atoms with van der Waals surface area (Å²) in [6, 6.07) is 3.39. The smallest absolute Gasteiger partial charge is 0.341 e. The summed E-state index contributed by atoms with van der Waals surface area (Å²) >= 11 is 4.22. The third-order valence-electron chi connectivity index (χ3n) is 2.36. The second kappa shape index (κ2) is 7.91. The Kier molecular flexibility index (Phi) is 6.52. The molecule has 1 rings (SSSR count). The molecule has 0 saturated carbocycles. The van der Waals surface area contributed by atoms with Gasteiger partial charge in [-0.1, -0.05) is 0 Å². The van der Waals surface area contributed by atoms with Crippen molar-refractivity contribution in [3.8, 4) is 11.5 Å². The van der Waals surface area contributed by atoms with E-state index in [-0.39, 0.29) is 6.79 Å². The highest BCUT2D eigenvalue weighted by molar-refractivity contribution is 7.79. The first-order valence-electron chi connectivity index (χ1n) is 5.78.